The van der Waals surface area contributed by atoms with Gasteiger partial charge in [0.1, 0.15) is 6.04 Å². The maximum absolute atomic E-state index is 12.7. The second-order valence-electron chi connectivity index (χ2n) is 5.60. The quantitative estimate of drug-likeness (QED) is 0.821. The summed E-state index contributed by atoms with van der Waals surface area (Å²) in [6.45, 7) is 8.38. The first-order chi connectivity index (χ1) is 10.6. The van der Waals surface area contributed by atoms with Crippen LogP contribution in [0, 0.1) is 5.92 Å². The van der Waals surface area contributed by atoms with Crippen LogP contribution in [0.1, 0.15) is 25.8 Å². The largest absolute Gasteiger partial charge is 0.340 e. The maximum Gasteiger partial charge on any atom is 0.340 e. The highest BCUT2D eigenvalue weighted by Gasteiger charge is 2.41. The first-order valence-electron chi connectivity index (χ1n) is 7.62. The van der Waals surface area contributed by atoms with Gasteiger partial charge < -0.3 is 4.90 Å². The third-order valence-corrected chi connectivity index (χ3v) is 4.02. The van der Waals surface area contributed by atoms with Gasteiger partial charge in [0, 0.05) is 6.54 Å². The van der Waals surface area contributed by atoms with Gasteiger partial charge in [-0.3, -0.25) is 10.2 Å². The predicted octanol–water partition coefficient (Wildman–Crippen LogP) is 2.56. The van der Waals surface area contributed by atoms with Crippen LogP contribution in [-0.4, -0.2) is 34.4 Å². The monoisotopic (exact) mass is 301 g/mol. The Morgan fingerprint density at radius 3 is 2.59 bits per heavy atom. The zero-order valence-electron chi connectivity index (χ0n) is 13.2. The number of carbonyl (C=O) groups is 2. The van der Waals surface area contributed by atoms with Gasteiger partial charge >= 0.3 is 6.03 Å². The van der Waals surface area contributed by atoms with E-state index in [4.69, 9.17) is 0 Å². The van der Waals surface area contributed by atoms with Gasteiger partial charge in [-0.25, -0.2) is 9.80 Å². The molecule has 1 aliphatic heterocycles. The second-order valence-corrected chi connectivity index (χ2v) is 5.60. The molecule has 0 spiro atoms. The number of carbonyl (C=O) groups excluding carboxylic acids is 2. The van der Waals surface area contributed by atoms with E-state index in [-0.39, 0.29) is 17.9 Å². The van der Waals surface area contributed by atoms with Crippen LogP contribution < -0.4 is 5.43 Å². The summed E-state index contributed by atoms with van der Waals surface area (Å²) < 4.78 is 0. The minimum Gasteiger partial charge on any atom is -0.307 e. The van der Waals surface area contributed by atoms with Crippen molar-refractivity contribution >= 4 is 11.9 Å². The number of urea groups is 1. The molecule has 1 fully saturated rings. The van der Waals surface area contributed by atoms with Crippen molar-refractivity contribution in [3.05, 3.63) is 48.6 Å². The van der Waals surface area contributed by atoms with E-state index in [9.17, 15) is 9.59 Å². The minimum atomic E-state index is -0.446. The van der Waals surface area contributed by atoms with Gasteiger partial charge in [-0.15, -0.1) is 6.58 Å². The van der Waals surface area contributed by atoms with Crippen LogP contribution in [-0.2, 0) is 11.3 Å². The molecule has 1 saturated heterocycles. The van der Waals surface area contributed by atoms with E-state index in [1.165, 1.54) is 5.01 Å². The third kappa shape index (κ3) is 3.30. The van der Waals surface area contributed by atoms with Crippen LogP contribution in [0.5, 0.6) is 0 Å². The summed E-state index contributed by atoms with van der Waals surface area (Å²) in [5.74, 6) is -0.0368. The van der Waals surface area contributed by atoms with Crippen molar-refractivity contribution in [3.63, 3.8) is 0 Å². The van der Waals surface area contributed by atoms with E-state index in [0.717, 1.165) is 12.0 Å². The molecule has 1 N–H and O–H groups in total. The van der Waals surface area contributed by atoms with Crippen molar-refractivity contribution in [3.8, 4) is 0 Å². The van der Waals surface area contributed by atoms with Crippen LogP contribution in [0.2, 0.25) is 0 Å². The van der Waals surface area contributed by atoms with Gasteiger partial charge in [-0.1, -0.05) is 56.7 Å². The lowest BCUT2D eigenvalue weighted by Gasteiger charge is -2.42. The minimum absolute atomic E-state index is 0.0959. The smallest absolute Gasteiger partial charge is 0.307 e. The van der Waals surface area contributed by atoms with E-state index in [0.29, 0.717) is 13.1 Å². The van der Waals surface area contributed by atoms with Crippen molar-refractivity contribution in [2.24, 2.45) is 5.92 Å². The third-order valence-electron chi connectivity index (χ3n) is 4.02. The fourth-order valence-electron chi connectivity index (χ4n) is 2.65. The predicted molar refractivity (Wildman–Crippen MR) is 85.7 cm³/mol. The molecule has 1 aliphatic rings. The van der Waals surface area contributed by atoms with Crippen LogP contribution in [0.4, 0.5) is 4.79 Å². The summed E-state index contributed by atoms with van der Waals surface area (Å²) >= 11 is 0. The normalized spacial score (nSPS) is 19.8. The van der Waals surface area contributed by atoms with E-state index >= 15 is 0 Å². The van der Waals surface area contributed by atoms with Crippen LogP contribution in [0.3, 0.4) is 0 Å². The first kappa shape index (κ1) is 16.1. The van der Waals surface area contributed by atoms with Crippen LogP contribution in [0.15, 0.2) is 43.0 Å². The van der Waals surface area contributed by atoms with Gasteiger partial charge in [0.15, 0.2) is 0 Å². The zero-order chi connectivity index (χ0) is 16.1. The molecule has 3 amide bonds. The van der Waals surface area contributed by atoms with E-state index in [2.05, 4.69) is 12.0 Å². The molecule has 1 aromatic rings. The molecular weight excluding hydrogens is 278 g/mol. The molecule has 1 heterocycles. The fourth-order valence-corrected chi connectivity index (χ4v) is 2.65. The molecule has 22 heavy (non-hydrogen) atoms. The molecule has 1 unspecified atom stereocenters. The second kappa shape index (κ2) is 7.11. The van der Waals surface area contributed by atoms with Gasteiger partial charge in [-0.2, -0.15) is 0 Å². The molecule has 118 valence electrons. The Kier molecular flexibility index (Phi) is 5.20. The Morgan fingerprint density at radius 1 is 1.32 bits per heavy atom. The standard InChI is InChI=1S/C17H23N3O2/c1-4-11-20-17(22)19(12-14-9-7-6-8-10-14)15(13(3)5-2)16(21)18-20/h4,6-10,13,15H,1,5,11-12H2,2-3H3,(H,18,21)/t13?,15-/m0/s1. The molecule has 0 saturated carbocycles. The number of hydrogen-bond acceptors (Lipinski definition) is 2. The Labute approximate surface area is 131 Å². The number of benzene rings is 1. The Bertz CT molecular complexity index is 544. The van der Waals surface area contributed by atoms with Gasteiger partial charge in [0.25, 0.3) is 5.91 Å². The molecule has 1 aromatic carbocycles. The van der Waals surface area contributed by atoms with Gasteiger partial charge in [0.2, 0.25) is 0 Å². The summed E-state index contributed by atoms with van der Waals surface area (Å²) in [7, 11) is 0. The summed E-state index contributed by atoms with van der Waals surface area (Å²) in [5.41, 5.74) is 3.69. The molecular formula is C17H23N3O2. The molecule has 0 bridgehead atoms. The Hall–Kier alpha value is -2.30. The number of nitrogens with zero attached hydrogens (tertiary/aromatic N) is 2. The lowest BCUT2D eigenvalue weighted by Crippen LogP contribution is -2.66. The summed E-state index contributed by atoms with van der Waals surface area (Å²) in [5, 5.41) is 1.32. The average Bonchev–Trinajstić information content (AvgIpc) is 2.52. The highest BCUT2D eigenvalue weighted by atomic mass is 16.2. The maximum atomic E-state index is 12.7. The topological polar surface area (TPSA) is 52.7 Å². The van der Waals surface area contributed by atoms with E-state index in [1.54, 1.807) is 11.0 Å². The van der Waals surface area contributed by atoms with Crippen molar-refractivity contribution in [1.29, 1.82) is 0 Å². The molecule has 2 atom stereocenters. The Morgan fingerprint density at radius 2 is 2.00 bits per heavy atom. The highest BCUT2D eigenvalue weighted by molar-refractivity contribution is 5.92. The van der Waals surface area contributed by atoms with Crippen LogP contribution >= 0.6 is 0 Å². The SMILES string of the molecule is C=CCN1NC(=O)[C@H](C(C)CC)N(Cc2ccccc2)C1=O. The van der Waals surface area contributed by atoms with E-state index < -0.39 is 6.04 Å². The lowest BCUT2D eigenvalue weighted by atomic mass is 9.96. The lowest BCUT2D eigenvalue weighted by molar-refractivity contribution is -0.135. The summed E-state index contributed by atoms with van der Waals surface area (Å²) in [4.78, 5) is 26.8. The molecule has 0 aliphatic carbocycles. The van der Waals surface area contributed by atoms with Crippen molar-refractivity contribution in [2.75, 3.05) is 6.54 Å². The number of amides is 3. The highest BCUT2D eigenvalue weighted by Crippen LogP contribution is 2.22. The molecule has 5 nitrogen and oxygen atoms in total. The number of hydrogen-bond donors (Lipinski definition) is 1. The number of nitrogens with one attached hydrogen (secondary N) is 1. The zero-order valence-corrected chi connectivity index (χ0v) is 13.2. The first-order valence-corrected chi connectivity index (χ1v) is 7.62. The molecule has 5 heteroatoms. The van der Waals surface area contributed by atoms with Crippen molar-refractivity contribution < 1.29 is 9.59 Å². The van der Waals surface area contributed by atoms with Gasteiger partial charge in [-0.05, 0) is 11.5 Å². The molecule has 0 aromatic heterocycles. The van der Waals surface area contributed by atoms with Crippen molar-refractivity contribution in [1.82, 2.24) is 15.3 Å². The van der Waals surface area contributed by atoms with E-state index in [1.807, 2.05) is 44.2 Å². The van der Waals surface area contributed by atoms with Gasteiger partial charge in [0.05, 0.1) is 6.54 Å². The molecule has 0 radical (unpaired) electrons. The number of hydrazine groups is 1. The summed E-state index contributed by atoms with van der Waals surface area (Å²) in [6, 6.07) is 9.10. The number of rotatable bonds is 6. The summed E-state index contributed by atoms with van der Waals surface area (Å²) in [6.07, 6.45) is 2.43. The van der Waals surface area contributed by atoms with Crippen molar-refractivity contribution in [2.45, 2.75) is 32.9 Å². The fraction of sp³-hybridized carbons (Fsp3) is 0.412. The Balaban J connectivity index is 2.29. The molecule has 2 rings (SSSR count). The average molecular weight is 301 g/mol. The van der Waals surface area contributed by atoms with Crippen LogP contribution in [0.25, 0.3) is 0 Å².